The maximum Gasteiger partial charge on any atom is 0.328 e. The zero-order valence-corrected chi connectivity index (χ0v) is 14.2. The number of carbonyl (C=O) groups is 1. The van der Waals surface area contributed by atoms with Crippen LogP contribution in [0.1, 0.15) is 10.4 Å². The summed E-state index contributed by atoms with van der Waals surface area (Å²) in [4.78, 5) is 11.7. The van der Waals surface area contributed by atoms with Gasteiger partial charge in [-0.15, -0.1) is 11.3 Å². The van der Waals surface area contributed by atoms with E-state index in [1.54, 1.807) is 11.3 Å². The largest absolute Gasteiger partial charge is 0.486 e. The third-order valence-electron chi connectivity index (χ3n) is 2.44. The smallest absolute Gasteiger partial charge is 0.328 e. The lowest BCUT2D eigenvalue weighted by Gasteiger charge is -2.10. The Balaban J connectivity index is 2.22. The maximum absolute atomic E-state index is 10.6. The molecule has 1 aromatic carbocycles. The minimum atomic E-state index is -0.989. The van der Waals surface area contributed by atoms with Gasteiger partial charge in [0.05, 0.1) is 9.35 Å². The van der Waals surface area contributed by atoms with Crippen LogP contribution in [-0.4, -0.2) is 11.1 Å². The zero-order valence-electron chi connectivity index (χ0n) is 10.2. The molecule has 104 valence electrons. The van der Waals surface area contributed by atoms with E-state index in [0.29, 0.717) is 12.4 Å². The van der Waals surface area contributed by atoms with Gasteiger partial charge >= 0.3 is 5.97 Å². The second kappa shape index (κ2) is 7.06. The lowest BCUT2D eigenvalue weighted by Crippen LogP contribution is -1.97. The summed E-state index contributed by atoms with van der Waals surface area (Å²) in [5.74, 6) is -0.359. The highest BCUT2D eigenvalue weighted by molar-refractivity contribution is 9.10. The third kappa shape index (κ3) is 3.94. The van der Waals surface area contributed by atoms with Crippen LogP contribution in [0.15, 0.2) is 44.7 Å². The molecule has 0 amide bonds. The Morgan fingerprint density at radius 1 is 1.30 bits per heavy atom. The van der Waals surface area contributed by atoms with Crippen LogP contribution in [0.4, 0.5) is 0 Å². The van der Waals surface area contributed by atoms with Gasteiger partial charge in [0.2, 0.25) is 0 Å². The lowest BCUT2D eigenvalue weighted by molar-refractivity contribution is -0.131. The van der Waals surface area contributed by atoms with Gasteiger partial charge in [0, 0.05) is 16.1 Å². The van der Waals surface area contributed by atoms with Gasteiger partial charge in [-0.25, -0.2) is 4.79 Å². The van der Waals surface area contributed by atoms with Crippen molar-refractivity contribution in [3.63, 3.8) is 0 Å². The normalized spacial score (nSPS) is 10.9. The van der Waals surface area contributed by atoms with Gasteiger partial charge in [-0.3, -0.25) is 0 Å². The molecular weight excluding hydrogens is 408 g/mol. The Morgan fingerprint density at radius 3 is 2.75 bits per heavy atom. The van der Waals surface area contributed by atoms with E-state index in [1.807, 2.05) is 29.6 Å². The molecule has 1 aromatic heterocycles. The van der Waals surface area contributed by atoms with Crippen LogP contribution in [0.5, 0.6) is 5.75 Å². The van der Waals surface area contributed by atoms with Crippen molar-refractivity contribution < 1.29 is 14.6 Å². The SMILES string of the molecule is O=C(O)C=Cc1cccc(Br)c1OCc1sccc1Br. The maximum atomic E-state index is 10.6. The standard InChI is InChI=1S/C14H10Br2O3S/c15-10-6-7-20-12(10)8-19-14-9(4-5-13(17)18)2-1-3-11(14)16/h1-7H,8H2,(H,17,18). The van der Waals surface area contributed by atoms with Crippen LogP contribution < -0.4 is 4.74 Å². The number of aliphatic carboxylic acids is 1. The molecule has 0 atom stereocenters. The molecule has 6 heteroatoms. The van der Waals surface area contributed by atoms with E-state index < -0.39 is 5.97 Å². The fourth-order valence-electron chi connectivity index (χ4n) is 1.54. The van der Waals surface area contributed by atoms with Crippen molar-refractivity contribution in [1.82, 2.24) is 0 Å². The summed E-state index contributed by atoms with van der Waals surface area (Å²) in [6.45, 7) is 0.425. The summed E-state index contributed by atoms with van der Waals surface area (Å²) in [6.07, 6.45) is 2.61. The van der Waals surface area contributed by atoms with Gasteiger partial charge in [-0.2, -0.15) is 0 Å². The predicted octanol–water partition coefficient (Wildman–Crippen LogP) is 4.95. The van der Waals surface area contributed by atoms with Gasteiger partial charge in [-0.05, 0) is 55.4 Å². The summed E-state index contributed by atoms with van der Waals surface area (Å²) in [5.41, 5.74) is 0.717. The number of hydrogen-bond donors (Lipinski definition) is 1. The predicted molar refractivity (Wildman–Crippen MR) is 87.2 cm³/mol. The molecule has 1 N–H and O–H groups in total. The van der Waals surface area contributed by atoms with Crippen LogP contribution in [0.2, 0.25) is 0 Å². The second-order valence-corrected chi connectivity index (χ2v) is 6.52. The molecule has 0 fully saturated rings. The lowest BCUT2D eigenvalue weighted by atomic mass is 10.2. The van der Waals surface area contributed by atoms with Crippen LogP contribution >= 0.6 is 43.2 Å². The Hall–Kier alpha value is -1.11. The first-order valence-electron chi connectivity index (χ1n) is 5.62. The second-order valence-electron chi connectivity index (χ2n) is 3.81. The highest BCUT2D eigenvalue weighted by Gasteiger charge is 2.08. The van der Waals surface area contributed by atoms with Gasteiger partial charge < -0.3 is 9.84 Å². The Kier molecular flexibility index (Phi) is 5.39. The van der Waals surface area contributed by atoms with Gasteiger partial charge in [0.25, 0.3) is 0 Å². The van der Waals surface area contributed by atoms with Crippen LogP contribution in [-0.2, 0) is 11.4 Å². The topological polar surface area (TPSA) is 46.5 Å². The fraction of sp³-hybridized carbons (Fsp3) is 0.0714. The van der Waals surface area contributed by atoms with Crippen molar-refractivity contribution >= 4 is 55.2 Å². The molecule has 0 aliphatic heterocycles. The van der Waals surface area contributed by atoms with Crippen LogP contribution in [0.25, 0.3) is 6.08 Å². The van der Waals surface area contributed by atoms with Gasteiger partial charge in [-0.1, -0.05) is 12.1 Å². The van der Waals surface area contributed by atoms with Crippen molar-refractivity contribution in [2.75, 3.05) is 0 Å². The van der Waals surface area contributed by atoms with Crippen molar-refractivity contribution in [2.24, 2.45) is 0 Å². The zero-order chi connectivity index (χ0) is 14.5. The Labute approximate surface area is 137 Å². The average Bonchev–Trinajstić information content (AvgIpc) is 2.81. The van der Waals surface area contributed by atoms with E-state index in [1.165, 1.54) is 6.08 Å². The first-order chi connectivity index (χ1) is 9.58. The van der Waals surface area contributed by atoms with Crippen molar-refractivity contribution in [3.05, 3.63) is 55.1 Å². The van der Waals surface area contributed by atoms with Crippen molar-refractivity contribution in [2.45, 2.75) is 6.61 Å². The number of carboxylic acids is 1. The molecule has 20 heavy (non-hydrogen) atoms. The van der Waals surface area contributed by atoms with Crippen molar-refractivity contribution in [3.8, 4) is 5.75 Å². The monoisotopic (exact) mass is 416 g/mol. The average molecular weight is 418 g/mol. The molecule has 2 aromatic rings. The number of halogens is 2. The molecule has 0 saturated heterocycles. The van der Waals surface area contributed by atoms with Crippen molar-refractivity contribution in [1.29, 1.82) is 0 Å². The number of ether oxygens (including phenoxy) is 1. The van der Waals surface area contributed by atoms with Crippen LogP contribution in [0.3, 0.4) is 0 Å². The molecule has 0 unspecified atom stereocenters. The molecule has 0 saturated carbocycles. The molecule has 0 aliphatic carbocycles. The molecule has 0 radical (unpaired) electrons. The third-order valence-corrected chi connectivity index (χ3v) is 4.97. The summed E-state index contributed by atoms with van der Waals surface area (Å²) in [7, 11) is 0. The molecule has 0 bridgehead atoms. The number of para-hydroxylation sites is 1. The molecule has 1 heterocycles. The fourth-order valence-corrected chi connectivity index (χ4v) is 3.41. The number of thiophene rings is 1. The molecular formula is C14H10Br2O3S. The van der Waals surface area contributed by atoms with Gasteiger partial charge in [0.1, 0.15) is 12.4 Å². The highest BCUT2D eigenvalue weighted by atomic mass is 79.9. The van der Waals surface area contributed by atoms with E-state index in [-0.39, 0.29) is 0 Å². The summed E-state index contributed by atoms with van der Waals surface area (Å²) >= 11 is 8.48. The highest BCUT2D eigenvalue weighted by Crippen LogP contribution is 2.32. The number of benzene rings is 1. The Bertz CT molecular complexity index is 650. The van der Waals surface area contributed by atoms with E-state index in [2.05, 4.69) is 31.9 Å². The molecule has 0 spiro atoms. The minimum Gasteiger partial charge on any atom is -0.486 e. The first kappa shape index (κ1) is 15.3. The first-order valence-corrected chi connectivity index (χ1v) is 8.08. The summed E-state index contributed by atoms with van der Waals surface area (Å²) < 4.78 is 7.62. The van der Waals surface area contributed by atoms with E-state index in [0.717, 1.165) is 25.5 Å². The van der Waals surface area contributed by atoms with E-state index >= 15 is 0 Å². The van der Waals surface area contributed by atoms with Crippen LogP contribution in [0, 0.1) is 0 Å². The summed E-state index contributed by atoms with van der Waals surface area (Å²) in [5, 5.41) is 10.7. The minimum absolute atomic E-state index is 0.425. The molecule has 3 nitrogen and oxygen atoms in total. The summed E-state index contributed by atoms with van der Waals surface area (Å²) in [6, 6.07) is 7.47. The number of carboxylic acid groups (broad SMARTS) is 1. The quantitative estimate of drug-likeness (QED) is 0.700. The molecule has 0 aliphatic rings. The molecule has 2 rings (SSSR count). The van der Waals surface area contributed by atoms with Gasteiger partial charge in [0.15, 0.2) is 0 Å². The Morgan fingerprint density at radius 2 is 2.10 bits per heavy atom. The van der Waals surface area contributed by atoms with E-state index in [9.17, 15) is 4.79 Å². The number of hydrogen-bond acceptors (Lipinski definition) is 3. The number of rotatable bonds is 5. The van der Waals surface area contributed by atoms with E-state index in [4.69, 9.17) is 9.84 Å².